The van der Waals surface area contributed by atoms with E-state index < -0.39 is 11.0 Å². The van der Waals surface area contributed by atoms with Crippen LogP contribution in [0.5, 0.6) is 0 Å². The Morgan fingerprint density at radius 1 is 1.50 bits per heavy atom. The predicted octanol–water partition coefficient (Wildman–Crippen LogP) is 2.54. The summed E-state index contributed by atoms with van der Waals surface area (Å²) in [5.41, 5.74) is 0. The third-order valence-corrected chi connectivity index (χ3v) is 2.82. The molecule has 0 aromatic carbocycles. The molecule has 0 N–H and O–H groups in total. The van der Waals surface area contributed by atoms with Crippen molar-refractivity contribution in [3.63, 3.8) is 0 Å². The molecule has 0 aliphatic heterocycles. The van der Waals surface area contributed by atoms with Crippen LogP contribution in [-0.2, 0) is 11.0 Å². The van der Waals surface area contributed by atoms with E-state index in [2.05, 4.69) is 4.40 Å². The minimum absolute atomic E-state index is 0.253. The fourth-order valence-corrected chi connectivity index (χ4v) is 1.16. The van der Waals surface area contributed by atoms with Gasteiger partial charge in [-0.15, -0.1) is 11.6 Å². The molecule has 0 amide bonds. The van der Waals surface area contributed by atoms with Gasteiger partial charge in [0.2, 0.25) is 0 Å². The van der Waals surface area contributed by atoms with E-state index in [1.807, 2.05) is 20.8 Å². The molecule has 12 heavy (non-hydrogen) atoms. The molecule has 0 radical (unpaired) electrons. The Morgan fingerprint density at radius 3 is 2.50 bits per heavy atom. The van der Waals surface area contributed by atoms with Crippen molar-refractivity contribution >= 4 is 28.8 Å². The molecule has 0 bridgehead atoms. The standard InChI is InChI=1S/C8H16ClNOS/c1-8(2,3)12(11)10-7-5-4-6-9/h7H,4-6H2,1-3H3. The molecule has 0 saturated heterocycles. The summed E-state index contributed by atoms with van der Waals surface area (Å²) >= 11 is 5.47. The van der Waals surface area contributed by atoms with E-state index in [0.29, 0.717) is 5.88 Å². The van der Waals surface area contributed by atoms with Crippen molar-refractivity contribution in [3.8, 4) is 0 Å². The largest absolute Gasteiger partial charge is 0.234 e. The lowest BCUT2D eigenvalue weighted by atomic mass is 10.3. The van der Waals surface area contributed by atoms with Gasteiger partial charge in [-0.2, -0.15) is 4.40 Å². The zero-order valence-electron chi connectivity index (χ0n) is 7.84. The second-order valence-electron chi connectivity index (χ2n) is 3.48. The van der Waals surface area contributed by atoms with Crippen LogP contribution in [0.4, 0.5) is 0 Å². The van der Waals surface area contributed by atoms with Crippen LogP contribution in [0.1, 0.15) is 33.6 Å². The summed E-state index contributed by atoms with van der Waals surface area (Å²) in [5.74, 6) is 0.633. The summed E-state index contributed by atoms with van der Waals surface area (Å²) in [6, 6.07) is 0. The highest BCUT2D eigenvalue weighted by atomic mass is 35.5. The van der Waals surface area contributed by atoms with E-state index in [1.54, 1.807) is 6.21 Å². The third kappa shape index (κ3) is 5.72. The highest BCUT2D eigenvalue weighted by Gasteiger charge is 2.17. The van der Waals surface area contributed by atoms with Crippen LogP contribution in [0.25, 0.3) is 0 Å². The lowest BCUT2D eigenvalue weighted by Gasteiger charge is -2.12. The lowest BCUT2D eigenvalue weighted by Crippen LogP contribution is -2.19. The first-order chi connectivity index (χ1) is 5.48. The Hall–Kier alpha value is 0.110. The van der Waals surface area contributed by atoms with E-state index in [9.17, 15) is 4.21 Å². The average molecular weight is 210 g/mol. The topological polar surface area (TPSA) is 29.4 Å². The van der Waals surface area contributed by atoms with Gasteiger partial charge in [0.05, 0.1) is 4.75 Å². The van der Waals surface area contributed by atoms with Gasteiger partial charge in [-0.1, -0.05) is 0 Å². The minimum atomic E-state index is -1.11. The van der Waals surface area contributed by atoms with Gasteiger partial charge in [-0.05, 0) is 33.6 Å². The normalized spacial score (nSPS) is 15.3. The maximum Gasteiger partial charge on any atom is 0.144 e. The Morgan fingerprint density at radius 2 is 2.08 bits per heavy atom. The van der Waals surface area contributed by atoms with Gasteiger partial charge in [0, 0.05) is 12.1 Å². The molecule has 2 nitrogen and oxygen atoms in total. The molecule has 0 fully saturated rings. The Balaban J connectivity index is 3.77. The number of alkyl halides is 1. The minimum Gasteiger partial charge on any atom is -0.234 e. The predicted molar refractivity (Wildman–Crippen MR) is 56.3 cm³/mol. The zero-order chi connectivity index (χ0) is 9.61. The maximum absolute atomic E-state index is 11.3. The van der Waals surface area contributed by atoms with Crippen molar-refractivity contribution in [1.29, 1.82) is 0 Å². The fraction of sp³-hybridized carbons (Fsp3) is 0.875. The third-order valence-electron chi connectivity index (χ3n) is 1.16. The summed E-state index contributed by atoms with van der Waals surface area (Å²) in [6.45, 7) is 5.71. The van der Waals surface area contributed by atoms with Crippen LogP contribution in [0, 0.1) is 0 Å². The maximum atomic E-state index is 11.3. The Labute approximate surface area is 82.0 Å². The van der Waals surface area contributed by atoms with Crippen LogP contribution in [0.15, 0.2) is 4.40 Å². The molecule has 0 aliphatic carbocycles. The average Bonchev–Trinajstić information content (AvgIpc) is 1.96. The van der Waals surface area contributed by atoms with Gasteiger partial charge in [0.25, 0.3) is 0 Å². The fourth-order valence-electron chi connectivity index (χ4n) is 0.447. The van der Waals surface area contributed by atoms with E-state index in [0.717, 1.165) is 12.8 Å². The molecule has 0 heterocycles. The number of halogens is 1. The second kappa shape index (κ2) is 5.70. The molecule has 1 unspecified atom stereocenters. The Kier molecular flexibility index (Phi) is 5.76. The van der Waals surface area contributed by atoms with E-state index in [1.165, 1.54) is 0 Å². The smallest absolute Gasteiger partial charge is 0.144 e. The number of rotatable bonds is 4. The van der Waals surface area contributed by atoms with Crippen molar-refractivity contribution in [3.05, 3.63) is 0 Å². The van der Waals surface area contributed by atoms with Crippen molar-refractivity contribution in [1.82, 2.24) is 0 Å². The van der Waals surface area contributed by atoms with Crippen molar-refractivity contribution < 1.29 is 4.21 Å². The van der Waals surface area contributed by atoms with E-state index in [-0.39, 0.29) is 4.75 Å². The van der Waals surface area contributed by atoms with Crippen LogP contribution in [-0.4, -0.2) is 21.1 Å². The molecule has 0 aromatic rings. The van der Waals surface area contributed by atoms with E-state index >= 15 is 0 Å². The molecule has 0 spiro atoms. The SMILES string of the molecule is CC(C)(C)S(=O)N=CCCCCl. The summed E-state index contributed by atoms with van der Waals surface area (Å²) in [4.78, 5) is 0. The molecule has 72 valence electrons. The van der Waals surface area contributed by atoms with Crippen molar-refractivity contribution in [2.45, 2.75) is 38.4 Å². The monoisotopic (exact) mass is 209 g/mol. The van der Waals surface area contributed by atoms with Gasteiger partial charge in [0.15, 0.2) is 0 Å². The summed E-state index contributed by atoms with van der Waals surface area (Å²) < 4.78 is 15.0. The van der Waals surface area contributed by atoms with Crippen molar-refractivity contribution in [2.24, 2.45) is 4.40 Å². The first-order valence-corrected chi connectivity index (χ1v) is 5.63. The van der Waals surface area contributed by atoms with Crippen molar-refractivity contribution in [2.75, 3.05) is 5.88 Å². The van der Waals surface area contributed by atoms with Gasteiger partial charge in [0.1, 0.15) is 11.0 Å². The van der Waals surface area contributed by atoms with Gasteiger partial charge >= 0.3 is 0 Å². The summed E-state index contributed by atoms with van der Waals surface area (Å²) in [5, 5.41) is 0. The first-order valence-electron chi connectivity index (χ1n) is 3.99. The molecule has 0 rings (SSSR count). The molecule has 1 atom stereocenters. The number of hydrogen-bond donors (Lipinski definition) is 0. The summed E-state index contributed by atoms with van der Waals surface area (Å²) in [6.07, 6.45) is 3.40. The van der Waals surface area contributed by atoms with E-state index in [4.69, 9.17) is 11.6 Å². The summed E-state index contributed by atoms with van der Waals surface area (Å²) in [7, 11) is -1.11. The highest BCUT2D eigenvalue weighted by molar-refractivity contribution is 7.85. The number of nitrogens with zero attached hydrogens (tertiary/aromatic N) is 1. The first kappa shape index (κ1) is 12.1. The molecule has 4 heteroatoms. The molecule has 0 aromatic heterocycles. The lowest BCUT2D eigenvalue weighted by molar-refractivity contribution is 0.650. The number of unbranched alkanes of at least 4 members (excludes halogenated alkanes) is 1. The number of hydrogen-bond acceptors (Lipinski definition) is 1. The zero-order valence-corrected chi connectivity index (χ0v) is 9.41. The highest BCUT2D eigenvalue weighted by Crippen LogP contribution is 2.11. The second-order valence-corrected chi connectivity index (χ2v) is 5.79. The van der Waals surface area contributed by atoms with Gasteiger partial charge in [-0.3, -0.25) is 0 Å². The molecular formula is C8H16ClNOS. The van der Waals surface area contributed by atoms with Gasteiger partial charge in [-0.25, -0.2) is 4.21 Å². The molecule has 0 saturated carbocycles. The van der Waals surface area contributed by atoms with Crippen LogP contribution in [0.3, 0.4) is 0 Å². The van der Waals surface area contributed by atoms with Crippen LogP contribution in [0.2, 0.25) is 0 Å². The van der Waals surface area contributed by atoms with Crippen LogP contribution < -0.4 is 0 Å². The molecular weight excluding hydrogens is 194 g/mol. The molecule has 0 aliphatic rings. The Bertz CT molecular complexity index is 174. The quantitative estimate of drug-likeness (QED) is 0.398. The van der Waals surface area contributed by atoms with Gasteiger partial charge < -0.3 is 0 Å². The van der Waals surface area contributed by atoms with Crippen LogP contribution >= 0.6 is 11.6 Å².